The van der Waals surface area contributed by atoms with Crippen molar-refractivity contribution in [1.82, 2.24) is 5.32 Å². The fourth-order valence-electron chi connectivity index (χ4n) is 3.21. The lowest BCUT2D eigenvalue weighted by Gasteiger charge is -2.29. The molecule has 0 amide bonds. The van der Waals surface area contributed by atoms with E-state index in [9.17, 15) is 0 Å². The van der Waals surface area contributed by atoms with Crippen LogP contribution < -0.4 is 10.1 Å². The van der Waals surface area contributed by atoms with E-state index in [4.69, 9.17) is 4.74 Å². The van der Waals surface area contributed by atoms with Gasteiger partial charge >= 0.3 is 0 Å². The third-order valence-electron chi connectivity index (χ3n) is 4.26. The van der Waals surface area contributed by atoms with Crippen molar-refractivity contribution in [1.29, 1.82) is 0 Å². The summed E-state index contributed by atoms with van der Waals surface area (Å²) in [4.78, 5) is 0. The lowest BCUT2D eigenvalue weighted by molar-refractivity contribution is 0.255. The van der Waals surface area contributed by atoms with Crippen LogP contribution in [0.3, 0.4) is 0 Å². The van der Waals surface area contributed by atoms with E-state index in [2.05, 4.69) is 66.8 Å². The van der Waals surface area contributed by atoms with Crippen LogP contribution in [0.15, 0.2) is 54.6 Å². The van der Waals surface area contributed by atoms with Gasteiger partial charge in [-0.05, 0) is 42.5 Å². The van der Waals surface area contributed by atoms with E-state index in [0.29, 0.717) is 12.0 Å². The third kappa shape index (κ3) is 3.27. The highest BCUT2D eigenvalue weighted by Gasteiger charge is 2.24. The molecule has 21 heavy (non-hydrogen) atoms. The normalized spacial score (nSPS) is 18.6. The van der Waals surface area contributed by atoms with Crippen LogP contribution in [0.1, 0.15) is 42.9 Å². The first-order valence-corrected chi connectivity index (χ1v) is 7.88. The Bertz CT molecular complexity index is 567. The van der Waals surface area contributed by atoms with Crippen LogP contribution >= 0.6 is 0 Å². The average molecular weight is 281 g/mol. The minimum atomic E-state index is 0.410. The molecule has 2 aromatic carbocycles. The Labute approximate surface area is 127 Å². The molecule has 0 aliphatic carbocycles. The number of rotatable bonds is 5. The number of para-hydroxylation sites is 1. The van der Waals surface area contributed by atoms with Gasteiger partial charge in [0.2, 0.25) is 0 Å². The van der Waals surface area contributed by atoms with Crippen molar-refractivity contribution in [3.63, 3.8) is 0 Å². The highest BCUT2D eigenvalue weighted by Crippen LogP contribution is 2.38. The summed E-state index contributed by atoms with van der Waals surface area (Å²) in [5.41, 5.74) is 2.74. The zero-order chi connectivity index (χ0) is 14.5. The molecule has 0 bridgehead atoms. The smallest absolute Gasteiger partial charge is 0.122 e. The molecule has 0 saturated heterocycles. The van der Waals surface area contributed by atoms with Crippen molar-refractivity contribution in [3.05, 3.63) is 65.7 Å². The first-order valence-electron chi connectivity index (χ1n) is 7.88. The van der Waals surface area contributed by atoms with E-state index in [1.165, 1.54) is 11.1 Å². The summed E-state index contributed by atoms with van der Waals surface area (Å²) in [6.45, 7) is 3.99. The molecule has 0 aromatic heterocycles. The van der Waals surface area contributed by atoms with Gasteiger partial charge in [-0.15, -0.1) is 0 Å². The van der Waals surface area contributed by atoms with E-state index >= 15 is 0 Å². The second-order valence-corrected chi connectivity index (χ2v) is 5.63. The maximum atomic E-state index is 5.78. The number of fused-ring (bicyclic) bond motifs is 1. The molecule has 1 heterocycles. The lowest BCUT2D eigenvalue weighted by Crippen LogP contribution is -2.25. The molecule has 2 heteroatoms. The van der Waals surface area contributed by atoms with Crippen LogP contribution in [0.4, 0.5) is 0 Å². The molecule has 1 N–H and O–H groups in total. The van der Waals surface area contributed by atoms with Crippen molar-refractivity contribution in [3.8, 4) is 5.75 Å². The van der Waals surface area contributed by atoms with Crippen molar-refractivity contribution in [2.45, 2.75) is 31.7 Å². The summed E-state index contributed by atoms with van der Waals surface area (Å²) >= 11 is 0. The molecule has 3 rings (SSSR count). The Hall–Kier alpha value is -1.80. The maximum Gasteiger partial charge on any atom is 0.122 e. The van der Waals surface area contributed by atoms with Crippen LogP contribution in [-0.4, -0.2) is 13.2 Å². The summed E-state index contributed by atoms with van der Waals surface area (Å²) in [7, 11) is 0. The molecular formula is C19H23NO. The molecule has 2 aromatic rings. The predicted molar refractivity (Wildman–Crippen MR) is 86.8 cm³/mol. The lowest BCUT2D eigenvalue weighted by atomic mass is 9.85. The van der Waals surface area contributed by atoms with Crippen molar-refractivity contribution >= 4 is 0 Å². The first-order chi connectivity index (χ1) is 10.4. The fraction of sp³-hybridized carbons (Fsp3) is 0.368. The molecule has 2 nitrogen and oxygen atoms in total. The third-order valence-corrected chi connectivity index (χ3v) is 4.26. The van der Waals surface area contributed by atoms with Crippen LogP contribution in [0.2, 0.25) is 0 Å². The minimum absolute atomic E-state index is 0.410. The van der Waals surface area contributed by atoms with Crippen molar-refractivity contribution in [2.24, 2.45) is 0 Å². The highest BCUT2D eigenvalue weighted by molar-refractivity contribution is 5.38. The van der Waals surface area contributed by atoms with Crippen LogP contribution in [0.25, 0.3) is 0 Å². The monoisotopic (exact) mass is 281 g/mol. The van der Waals surface area contributed by atoms with E-state index in [1.54, 1.807) is 0 Å². The van der Waals surface area contributed by atoms with Crippen LogP contribution in [0.5, 0.6) is 5.75 Å². The van der Waals surface area contributed by atoms with Crippen LogP contribution in [-0.2, 0) is 0 Å². The molecule has 0 saturated carbocycles. The van der Waals surface area contributed by atoms with E-state index in [1.807, 2.05) is 0 Å². The van der Waals surface area contributed by atoms with Crippen molar-refractivity contribution in [2.75, 3.05) is 13.2 Å². The van der Waals surface area contributed by atoms with E-state index in [-0.39, 0.29) is 0 Å². The topological polar surface area (TPSA) is 21.3 Å². The van der Waals surface area contributed by atoms with E-state index < -0.39 is 0 Å². The second-order valence-electron chi connectivity index (χ2n) is 5.63. The Morgan fingerprint density at radius 2 is 1.86 bits per heavy atom. The van der Waals surface area contributed by atoms with Crippen LogP contribution in [0, 0.1) is 0 Å². The molecule has 2 atom stereocenters. The fourth-order valence-corrected chi connectivity index (χ4v) is 3.21. The zero-order valence-corrected chi connectivity index (χ0v) is 12.6. The summed E-state index contributed by atoms with van der Waals surface area (Å²) in [6.07, 6.45) is 2.23. The second kappa shape index (κ2) is 6.77. The standard InChI is InChI=1S/C19H23NO/c1-2-20-18(15-8-4-3-5-9-15)14-16-12-13-21-19-11-7-6-10-17(16)19/h3-11,16,18,20H,2,12-14H2,1H3. The Morgan fingerprint density at radius 3 is 2.67 bits per heavy atom. The van der Waals surface area contributed by atoms with Gasteiger partial charge in [-0.1, -0.05) is 55.5 Å². The Morgan fingerprint density at radius 1 is 1.10 bits per heavy atom. The minimum Gasteiger partial charge on any atom is -0.493 e. The molecule has 1 aliphatic rings. The maximum absolute atomic E-state index is 5.78. The largest absolute Gasteiger partial charge is 0.493 e. The number of ether oxygens (including phenoxy) is 1. The molecule has 0 fully saturated rings. The van der Waals surface area contributed by atoms with Gasteiger partial charge in [0.05, 0.1) is 6.61 Å². The predicted octanol–water partition coefficient (Wildman–Crippen LogP) is 4.29. The van der Waals surface area contributed by atoms with Gasteiger partial charge in [-0.3, -0.25) is 0 Å². The van der Waals surface area contributed by atoms with Gasteiger partial charge < -0.3 is 10.1 Å². The van der Waals surface area contributed by atoms with Gasteiger partial charge in [0.1, 0.15) is 5.75 Å². The Kier molecular flexibility index (Phi) is 4.56. The summed E-state index contributed by atoms with van der Waals surface area (Å²) in [6, 6.07) is 19.7. The number of hydrogen-bond donors (Lipinski definition) is 1. The highest BCUT2D eigenvalue weighted by atomic mass is 16.5. The van der Waals surface area contributed by atoms with Gasteiger partial charge in [0.25, 0.3) is 0 Å². The SMILES string of the molecule is CCNC(CC1CCOc2ccccc21)c1ccccc1. The summed E-state index contributed by atoms with van der Waals surface area (Å²) in [5.74, 6) is 1.64. The van der Waals surface area contributed by atoms with Crippen molar-refractivity contribution < 1.29 is 4.74 Å². The number of hydrogen-bond acceptors (Lipinski definition) is 2. The molecule has 1 aliphatic heterocycles. The molecule has 110 valence electrons. The summed E-state index contributed by atoms with van der Waals surface area (Å²) in [5, 5.41) is 3.64. The quantitative estimate of drug-likeness (QED) is 0.882. The van der Waals surface area contributed by atoms with Gasteiger partial charge in [-0.2, -0.15) is 0 Å². The van der Waals surface area contributed by atoms with Gasteiger partial charge in [0, 0.05) is 6.04 Å². The Balaban J connectivity index is 1.81. The molecule has 2 unspecified atom stereocenters. The average Bonchev–Trinajstić information content (AvgIpc) is 2.55. The number of nitrogens with one attached hydrogen (secondary N) is 1. The van der Waals surface area contributed by atoms with E-state index in [0.717, 1.165) is 31.7 Å². The first kappa shape index (κ1) is 14.2. The molecule has 0 radical (unpaired) electrons. The number of benzene rings is 2. The molecular weight excluding hydrogens is 258 g/mol. The zero-order valence-electron chi connectivity index (χ0n) is 12.6. The van der Waals surface area contributed by atoms with Gasteiger partial charge in [0.15, 0.2) is 0 Å². The molecule has 0 spiro atoms. The van der Waals surface area contributed by atoms with Gasteiger partial charge in [-0.25, -0.2) is 0 Å². The summed E-state index contributed by atoms with van der Waals surface area (Å²) < 4.78 is 5.78.